The molecule has 98 valence electrons. The molecule has 0 amide bonds. The van der Waals surface area contributed by atoms with Crippen LogP contribution in [0.1, 0.15) is 32.3 Å². The smallest absolute Gasteiger partial charge is 0.129 e. The lowest BCUT2D eigenvalue weighted by molar-refractivity contribution is 0.674. The largest absolute Gasteiger partial charge is 0.345 e. The highest BCUT2D eigenvalue weighted by molar-refractivity contribution is 5.42. The van der Waals surface area contributed by atoms with E-state index in [1.54, 1.807) is 0 Å². The second-order valence-electron chi connectivity index (χ2n) is 4.32. The van der Waals surface area contributed by atoms with Crippen molar-refractivity contribution in [2.75, 3.05) is 24.5 Å². The monoisotopic (exact) mass is 245 g/mol. The fourth-order valence-corrected chi connectivity index (χ4v) is 1.81. The molecule has 1 heterocycles. The summed E-state index contributed by atoms with van der Waals surface area (Å²) in [5, 5.41) is 3.39. The predicted molar refractivity (Wildman–Crippen MR) is 77.6 cm³/mol. The maximum atomic E-state index is 5.40. The highest BCUT2D eigenvalue weighted by Crippen LogP contribution is 2.12. The highest BCUT2D eigenvalue weighted by Gasteiger charge is 2.05. The van der Waals surface area contributed by atoms with Crippen molar-refractivity contribution in [2.24, 2.45) is 0 Å². The van der Waals surface area contributed by atoms with Crippen LogP contribution in [0.5, 0.6) is 0 Å². The number of terminal acetylenes is 1. The number of hydrogen-bond acceptors (Lipinski definition) is 3. The van der Waals surface area contributed by atoms with E-state index in [2.05, 4.69) is 41.0 Å². The Hall–Kier alpha value is -1.53. The number of anilines is 1. The average molecular weight is 245 g/mol. The molecule has 1 aromatic heterocycles. The van der Waals surface area contributed by atoms with Gasteiger partial charge in [-0.25, -0.2) is 4.98 Å². The molecule has 0 saturated heterocycles. The molecule has 1 aromatic rings. The van der Waals surface area contributed by atoms with Gasteiger partial charge in [0.25, 0.3) is 0 Å². The van der Waals surface area contributed by atoms with E-state index in [0.717, 1.165) is 38.3 Å². The molecular formula is C15H23N3. The van der Waals surface area contributed by atoms with Crippen molar-refractivity contribution in [3.05, 3.63) is 23.9 Å². The zero-order valence-electron chi connectivity index (χ0n) is 11.4. The van der Waals surface area contributed by atoms with Gasteiger partial charge in [-0.15, -0.1) is 6.42 Å². The van der Waals surface area contributed by atoms with Crippen molar-refractivity contribution >= 4 is 5.82 Å². The summed E-state index contributed by atoms with van der Waals surface area (Å²) in [5.41, 5.74) is 1.26. The number of aromatic nitrogens is 1. The standard InChI is InChI=1S/C15H23N3/c1-4-8-16-13-14-7-9-17-15(12-14)18(10-5-2)11-6-3/h2,7,9,12,16H,4,6,8,10-11,13H2,1,3H3. The molecular weight excluding hydrogens is 222 g/mol. The molecule has 0 atom stereocenters. The van der Waals surface area contributed by atoms with E-state index >= 15 is 0 Å². The number of nitrogens with one attached hydrogen (secondary N) is 1. The minimum Gasteiger partial charge on any atom is -0.345 e. The van der Waals surface area contributed by atoms with Gasteiger partial charge in [0.05, 0.1) is 6.54 Å². The molecule has 3 heteroatoms. The number of nitrogens with zero attached hydrogens (tertiary/aromatic N) is 2. The van der Waals surface area contributed by atoms with Crippen LogP contribution in [0.3, 0.4) is 0 Å². The van der Waals surface area contributed by atoms with Crippen LogP contribution in [0, 0.1) is 12.3 Å². The van der Waals surface area contributed by atoms with Gasteiger partial charge in [-0.1, -0.05) is 19.8 Å². The van der Waals surface area contributed by atoms with E-state index < -0.39 is 0 Å². The maximum absolute atomic E-state index is 5.40. The second kappa shape index (κ2) is 8.54. The van der Waals surface area contributed by atoms with Crippen molar-refractivity contribution < 1.29 is 0 Å². The third kappa shape index (κ3) is 4.77. The topological polar surface area (TPSA) is 28.2 Å². The van der Waals surface area contributed by atoms with Crippen LogP contribution in [0.25, 0.3) is 0 Å². The molecule has 18 heavy (non-hydrogen) atoms. The van der Waals surface area contributed by atoms with Gasteiger partial charge in [-0.3, -0.25) is 0 Å². The average Bonchev–Trinajstić information content (AvgIpc) is 2.39. The van der Waals surface area contributed by atoms with E-state index in [9.17, 15) is 0 Å². The Kier molecular flexibility index (Phi) is 6.90. The van der Waals surface area contributed by atoms with Gasteiger partial charge < -0.3 is 10.2 Å². The predicted octanol–water partition coefficient (Wildman–Crippen LogP) is 2.43. The first-order valence-electron chi connectivity index (χ1n) is 6.65. The van der Waals surface area contributed by atoms with Crippen LogP contribution in [0.4, 0.5) is 5.82 Å². The Morgan fingerprint density at radius 3 is 2.89 bits per heavy atom. The minimum absolute atomic E-state index is 0.618. The number of hydrogen-bond donors (Lipinski definition) is 1. The normalized spacial score (nSPS) is 10.1. The summed E-state index contributed by atoms with van der Waals surface area (Å²) in [4.78, 5) is 6.55. The number of pyridine rings is 1. The van der Waals surface area contributed by atoms with E-state index in [-0.39, 0.29) is 0 Å². The summed E-state index contributed by atoms with van der Waals surface area (Å²) >= 11 is 0. The summed E-state index contributed by atoms with van der Waals surface area (Å²) in [6, 6.07) is 4.17. The van der Waals surface area contributed by atoms with Crippen molar-refractivity contribution in [3.8, 4) is 12.3 Å². The lowest BCUT2D eigenvalue weighted by Crippen LogP contribution is -2.25. The Bertz CT molecular complexity index is 382. The summed E-state index contributed by atoms with van der Waals surface area (Å²) < 4.78 is 0. The maximum Gasteiger partial charge on any atom is 0.129 e. The molecule has 0 unspecified atom stereocenters. The third-order valence-electron chi connectivity index (χ3n) is 2.67. The van der Waals surface area contributed by atoms with Crippen LogP contribution in [0.15, 0.2) is 18.3 Å². The fraction of sp³-hybridized carbons (Fsp3) is 0.533. The Morgan fingerprint density at radius 2 is 2.22 bits per heavy atom. The summed E-state index contributed by atoms with van der Waals surface area (Å²) in [7, 11) is 0. The molecule has 0 aromatic carbocycles. The summed E-state index contributed by atoms with van der Waals surface area (Å²) in [6.07, 6.45) is 9.48. The first-order valence-corrected chi connectivity index (χ1v) is 6.65. The van der Waals surface area contributed by atoms with E-state index in [1.165, 1.54) is 5.56 Å². The zero-order valence-corrected chi connectivity index (χ0v) is 11.4. The Labute approximate surface area is 111 Å². The minimum atomic E-state index is 0.618. The van der Waals surface area contributed by atoms with Gasteiger partial charge in [-0.2, -0.15) is 0 Å². The van der Waals surface area contributed by atoms with Gasteiger partial charge in [0.2, 0.25) is 0 Å². The van der Waals surface area contributed by atoms with Crippen molar-refractivity contribution in [1.82, 2.24) is 10.3 Å². The zero-order chi connectivity index (χ0) is 13.2. The molecule has 1 rings (SSSR count). The first-order chi connectivity index (χ1) is 8.81. The SMILES string of the molecule is C#CCN(CCC)c1cc(CNCCC)ccn1. The first kappa shape index (κ1) is 14.5. The fourth-order valence-electron chi connectivity index (χ4n) is 1.81. The quantitative estimate of drug-likeness (QED) is 0.563. The van der Waals surface area contributed by atoms with E-state index in [1.807, 2.05) is 12.3 Å². The van der Waals surface area contributed by atoms with Gasteiger partial charge in [0.15, 0.2) is 0 Å². The molecule has 0 aliphatic rings. The Morgan fingerprint density at radius 1 is 1.39 bits per heavy atom. The van der Waals surface area contributed by atoms with Crippen molar-refractivity contribution in [1.29, 1.82) is 0 Å². The van der Waals surface area contributed by atoms with Gasteiger partial charge in [0.1, 0.15) is 5.82 Å². The van der Waals surface area contributed by atoms with Gasteiger partial charge in [-0.05, 0) is 37.1 Å². The van der Waals surface area contributed by atoms with Crippen molar-refractivity contribution in [3.63, 3.8) is 0 Å². The molecule has 3 nitrogen and oxygen atoms in total. The number of rotatable bonds is 8. The van der Waals surface area contributed by atoms with Crippen LogP contribution >= 0.6 is 0 Å². The Balaban J connectivity index is 2.69. The second-order valence-corrected chi connectivity index (χ2v) is 4.32. The molecule has 0 spiro atoms. The van der Waals surface area contributed by atoms with Gasteiger partial charge >= 0.3 is 0 Å². The van der Waals surface area contributed by atoms with E-state index in [4.69, 9.17) is 6.42 Å². The van der Waals surface area contributed by atoms with Crippen LogP contribution in [-0.4, -0.2) is 24.6 Å². The van der Waals surface area contributed by atoms with Crippen LogP contribution in [-0.2, 0) is 6.54 Å². The molecule has 0 fully saturated rings. The summed E-state index contributed by atoms with van der Waals surface area (Å²) in [6.45, 7) is 7.81. The van der Waals surface area contributed by atoms with Gasteiger partial charge in [0, 0.05) is 19.3 Å². The van der Waals surface area contributed by atoms with Crippen LogP contribution in [0.2, 0.25) is 0 Å². The molecule has 1 N–H and O–H groups in total. The molecule has 0 radical (unpaired) electrons. The van der Waals surface area contributed by atoms with E-state index in [0.29, 0.717) is 6.54 Å². The lowest BCUT2D eigenvalue weighted by Gasteiger charge is -2.21. The lowest BCUT2D eigenvalue weighted by atomic mass is 10.2. The molecule has 0 aliphatic carbocycles. The van der Waals surface area contributed by atoms with Crippen LogP contribution < -0.4 is 10.2 Å². The summed E-state index contributed by atoms with van der Waals surface area (Å²) in [5.74, 6) is 3.67. The highest BCUT2D eigenvalue weighted by atomic mass is 15.2. The molecule has 0 bridgehead atoms. The molecule has 0 saturated carbocycles. The van der Waals surface area contributed by atoms with Crippen molar-refractivity contribution in [2.45, 2.75) is 33.2 Å². The molecule has 0 aliphatic heterocycles. The third-order valence-corrected chi connectivity index (χ3v) is 2.67.